The smallest absolute Gasteiger partial charge is 0.286 e. The van der Waals surface area contributed by atoms with Crippen LogP contribution in [0.2, 0.25) is 5.02 Å². The fourth-order valence-electron chi connectivity index (χ4n) is 2.53. The number of alkyl halides is 3. The summed E-state index contributed by atoms with van der Waals surface area (Å²) in [6.45, 7) is 0.650. The molecule has 0 bridgehead atoms. The van der Waals surface area contributed by atoms with Crippen LogP contribution in [0.25, 0.3) is 0 Å². The molecule has 0 aliphatic carbocycles. The molecule has 0 saturated carbocycles. The molecular weight excluding hydrogens is 385 g/mol. The zero-order chi connectivity index (χ0) is 18.7. The average molecular weight is 399 g/mol. The van der Waals surface area contributed by atoms with E-state index in [0.29, 0.717) is 22.5 Å². The maximum atomic E-state index is 13.2. The number of nitrogens with zero attached hydrogens (tertiary/aromatic N) is 2. The molecule has 1 aliphatic heterocycles. The molecule has 0 radical (unpaired) electrons. The van der Waals surface area contributed by atoms with Gasteiger partial charge >= 0.3 is 6.18 Å². The van der Waals surface area contributed by atoms with E-state index in [1.165, 1.54) is 34.9 Å². The van der Waals surface area contributed by atoms with Crippen molar-refractivity contribution < 1.29 is 18.0 Å². The summed E-state index contributed by atoms with van der Waals surface area (Å²) >= 11 is 7.17. The molecule has 136 valence electrons. The van der Waals surface area contributed by atoms with Crippen molar-refractivity contribution in [3.05, 3.63) is 70.2 Å². The molecule has 8 heteroatoms. The molecule has 0 N–H and O–H groups in total. The molecule has 3 nitrogen and oxygen atoms in total. The Hall–Kier alpha value is -1.99. The molecule has 3 rings (SSSR count). The number of halogens is 4. The predicted molar refractivity (Wildman–Crippen MR) is 97.5 cm³/mol. The number of amidine groups is 1. The Kier molecular flexibility index (Phi) is 5.58. The van der Waals surface area contributed by atoms with Gasteiger partial charge in [-0.2, -0.15) is 13.2 Å². The fraction of sp³-hybridized carbons (Fsp3) is 0.222. The van der Waals surface area contributed by atoms with Crippen molar-refractivity contribution in [1.29, 1.82) is 0 Å². The number of amides is 1. The summed E-state index contributed by atoms with van der Waals surface area (Å²) in [5.41, 5.74) is -0.308. The van der Waals surface area contributed by atoms with E-state index in [-0.39, 0.29) is 12.1 Å². The van der Waals surface area contributed by atoms with E-state index in [9.17, 15) is 18.0 Å². The first-order chi connectivity index (χ1) is 12.4. The third-order valence-corrected chi connectivity index (χ3v) is 5.13. The Morgan fingerprint density at radius 3 is 2.54 bits per heavy atom. The van der Waals surface area contributed by atoms with Crippen LogP contribution in [-0.2, 0) is 11.9 Å². The van der Waals surface area contributed by atoms with Gasteiger partial charge in [-0.15, -0.1) is 0 Å². The first-order valence-corrected chi connectivity index (χ1v) is 9.12. The zero-order valence-electron chi connectivity index (χ0n) is 13.5. The molecule has 0 aromatic heterocycles. The summed E-state index contributed by atoms with van der Waals surface area (Å²) in [6.07, 6.45) is -4.58. The molecule has 0 spiro atoms. The number of rotatable bonds is 3. The minimum Gasteiger partial charge on any atom is -0.286 e. The van der Waals surface area contributed by atoms with Crippen LogP contribution in [0, 0.1) is 0 Å². The van der Waals surface area contributed by atoms with Crippen molar-refractivity contribution in [2.45, 2.75) is 11.9 Å². The summed E-state index contributed by atoms with van der Waals surface area (Å²) in [6, 6.07) is 12.1. The highest BCUT2D eigenvalue weighted by molar-refractivity contribution is 8.13. The fourth-order valence-corrected chi connectivity index (χ4v) is 3.66. The lowest BCUT2D eigenvalue weighted by molar-refractivity contribution is -0.138. The molecular formula is C18H14ClF3N2OS. The standard InChI is InChI=1S/C18H14ClF3N2OS/c19-13-7-5-12(6-8-13)11-26-17-23-9-10-24(17)16(25)14-3-1-2-4-15(14)18(20,21)22/h1-8H,9-11H2. The Morgan fingerprint density at radius 2 is 1.85 bits per heavy atom. The van der Waals surface area contributed by atoms with Crippen molar-refractivity contribution in [3.63, 3.8) is 0 Å². The molecule has 0 unspecified atom stereocenters. The molecule has 0 atom stereocenters. The molecule has 0 fully saturated rings. The number of benzene rings is 2. The molecule has 0 saturated heterocycles. The zero-order valence-corrected chi connectivity index (χ0v) is 15.0. The number of hydrogen-bond acceptors (Lipinski definition) is 3. The Morgan fingerprint density at radius 1 is 1.15 bits per heavy atom. The molecule has 1 amide bonds. The topological polar surface area (TPSA) is 32.7 Å². The molecule has 26 heavy (non-hydrogen) atoms. The maximum absolute atomic E-state index is 13.2. The predicted octanol–water partition coefficient (Wildman–Crippen LogP) is 5.10. The lowest BCUT2D eigenvalue weighted by atomic mass is 10.1. The van der Waals surface area contributed by atoms with Crippen molar-refractivity contribution in [2.24, 2.45) is 4.99 Å². The van der Waals surface area contributed by atoms with Gasteiger partial charge in [0.1, 0.15) is 0 Å². The van der Waals surface area contributed by atoms with E-state index in [2.05, 4.69) is 4.99 Å². The van der Waals surface area contributed by atoms with Gasteiger partial charge in [0, 0.05) is 17.3 Å². The minimum atomic E-state index is -4.58. The molecule has 2 aromatic carbocycles. The van der Waals surface area contributed by atoms with Crippen LogP contribution in [0.4, 0.5) is 13.2 Å². The van der Waals surface area contributed by atoms with E-state index in [4.69, 9.17) is 11.6 Å². The van der Waals surface area contributed by atoms with Crippen molar-refractivity contribution in [2.75, 3.05) is 13.1 Å². The number of carbonyl (C=O) groups excluding carboxylic acids is 1. The normalized spacial score (nSPS) is 14.5. The Labute approximate surface area is 157 Å². The van der Waals surface area contributed by atoms with Gasteiger partial charge in [0.05, 0.1) is 17.7 Å². The van der Waals surface area contributed by atoms with E-state index in [1.807, 2.05) is 12.1 Å². The summed E-state index contributed by atoms with van der Waals surface area (Å²) in [7, 11) is 0. The third kappa shape index (κ3) is 4.22. The lowest BCUT2D eigenvalue weighted by Crippen LogP contribution is -2.34. The first kappa shape index (κ1) is 18.8. The SMILES string of the molecule is O=C(c1ccccc1C(F)(F)F)N1CCN=C1SCc1ccc(Cl)cc1. The highest BCUT2D eigenvalue weighted by Crippen LogP contribution is 2.33. The second kappa shape index (κ2) is 7.72. The van der Waals surface area contributed by atoms with Gasteiger partial charge in [-0.3, -0.25) is 14.7 Å². The lowest BCUT2D eigenvalue weighted by Gasteiger charge is -2.20. The molecule has 2 aromatic rings. The second-order valence-electron chi connectivity index (χ2n) is 5.58. The van der Waals surface area contributed by atoms with Gasteiger partial charge in [-0.25, -0.2) is 0 Å². The summed E-state index contributed by atoms with van der Waals surface area (Å²) in [5.74, 6) is -0.140. The quantitative estimate of drug-likeness (QED) is 0.720. The van der Waals surface area contributed by atoms with Crippen LogP contribution in [-0.4, -0.2) is 29.1 Å². The van der Waals surface area contributed by atoms with Crippen molar-refractivity contribution in [1.82, 2.24) is 4.90 Å². The number of aliphatic imine (C=N–C) groups is 1. The highest BCUT2D eigenvalue weighted by Gasteiger charge is 2.37. The number of thioether (sulfide) groups is 1. The largest absolute Gasteiger partial charge is 0.417 e. The van der Waals surface area contributed by atoms with Crippen molar-refractivity contribution >= 4 is 34.4 Å². The van der Waals surface area contributed by atoms with Gasteiger partial charge < -0.3 is 0 Å². The van der Waals surface area contributed by atoms with Crippen LogP contribution in [0.5, 0.6) is 0 Å². The van der Waals surface area contributed by atoms with Crippen LogP contribution in [0.15, 0.2) is 53.5 Å². The molecule has 1 heterocycles. The third-order valence-electron chi connectivity index (χ3n) is 3.79. The summed E-state index contributed by atoms with van der Waals surface area (Å²) in [5, 5.41) is 1.06. The van der Waals surface area contributed by atoms with Crippen LogP contribution >= 0.6 is 23.4 Å². The Balaban J connectivity index is 1.76. The van der Waals surface area contributed by atoms with Crippen molar-refractivity contribution in [3.8, 4) is 0 Å². The summed E-state index contributed by atoms with van der Waals surface area (Å²) < 4.78 is 39.5. The first-order valence-electron chi connectivity index (χ1n) is 7.76. The molecule has 1 aliphatic rings. The monoisotopic (exact) mass is 398 g/mol. The van der Waals surface area contributed by atoms with Crippen LogP contribution in [0.1, 0.15) is 21.5 Å². The number of carbonyl (C=O) groups is 1. The maximum Gasteiger partial charge on any atom is 0.417 e. The summed E-state index contributed by atoms with van der Waals surface area (Å²) in [4.78, 5) is 18.3. The van der Waals surface area contributed by atoms with Gasteiger partial charge in [-0.1, -0.05) is 47.6 Å². The second-order valence-corrected chi connectivity index (χ2v) is 6.96. The van der Waals surface area contributed by atoms with E-state index in [1.54, 1.807) is 12.1 Å². The van der Waals surface area contributed by atoms with E-state index < -0.39 is 17.6 Å². The average Bonchev–Trinajstić information content (AvgIpc) is 3.08. The Bertz CT molecular complexity index is 837. The highest BCUT2D eigenvalue weighted by atomic mass is 35.5. The van der Waals surface area contributed by atoms with Gasteiger partial charge in [0.25, 0.3) is 5.91 Å². The van der Waals surface area contributed by atoms with Gasteiger partial charge in [0.15, 0.2) is 5.17 Å². The van der Waals surface area contributed by atoms with E-state index in [0.717, 1.165) is 11.6 Å². The van der Waals surface area contributed by atoms with Crippen LogP contribution < -0.4 is 0 Å². The van der Waals surface area contributed by atoms with Gasteiger partial charge in [0.2, 0.25) is 0 Å². The van der Waals surface area contributed by atoms with Gasteiger partial charge in [-0.05, 0) is 29.8 Å². The van der Waals surface area contributed by atoms with Crippen LogP contribution in [0.3, 0.4) is 0 Å². The minimum absolute atomic E-state index is 0.272. The number of hydrogen-bond donors (Lipinski definition) is 0. The van der Waals surface area contributed by atoms with E-state index >= 15 is 0 Å².